The first kappa shape index (κ1) is 19.0. The van der Waals surface area contributed by atoms with Crippen molar-refractivity contribution in [3.8, 4) is 22.4 Å². The van der Waals surface area contributed by atoms with Gasteiger partial charge >= 0.3 is 0 Å². The van der Waals surface area contributed by atoms with Crippen molar-refractivity contribution < 1.29 is 8.76 Å². The van der Waals surface area contributed by atoms with Gasteiger partial charge in [-0.2, -0.15) is 0 Å². The zero-order valence-electron chi connectivity index (χ0n) is 14.1. The van der Waals surface area contributed by atoms with Gasteiger partial charge in [0.1, 0.15) is 0 Å². The second-order valence-corrected chi connectivity index (χ2v) is 6.85. The maximum absolute atomic E-state index is 11.6. The Morgan fingerprint density at radius 1 is 1.19 bits per heavy atom. The first-order valence-corrected chi connectivity index (χ1v) is 9.35. The molecule has 0 aliphatic rings. The largest absolute Gasteiger partial charge is 0.768 e. The molecule has 0 saturated heterocycles. The minimum Gasteiger partial charge on any atom is -0.768 e. The molecule has 1 heterocycles. The van der Waals surface area contributed by atoms with E-state index in [1.165, 1.54) is 0 Å². The highest BCUT2D eigenvalue weighted by Gasteiger charge is 2.12. The summed E-state index contributed by atoms with van der Waals surface area (Å²) in [7, 11) is 0. The molecule has 1 aromatic heterocycles. The summed E-state index contributed by atoms with van der Waals surface area (Å²) >= 11 is 3.83. The monoisotopic (exact) mass is 396 g/mol. The maximum atomic E-state index is 11.6. The smallest absolute Gasteiger partial charge is 0.0860 e. The summed E-state index contributed by atoms with van der Waals surface area (Å²) < 4.78 is 23.2. The van der Waals surface area contributed by atoms with E-state index in [1.54, 1.807) is 36.5 Å². The number of hydrogen-bond acceptors (Lipinski definition) is 4. The molecular formula is C20H15ClN3O2S-. The van der Waals surface area contributed by atoms with Crippen LogP contribution in [0, 0.1) is 0 Å². The molecule has 0 amide bonds. The van der Waals surface area contributed by atoms with Gasteiger partial charge in [-0.05, 0) is 46.5 Å². The standard InChI is InChI=1S/C20H16ClN3O2S/c1-2-13-5-6-15(10-17(13)21)20-16(4-3-9-23-20)14-7-8-18(24-12-22)19(11-14)27(25)26/h2-12H,1H2,(H2,22,24)(H,25,26)/p-1. The fraction of sp³-hybridized carbons (Fsp3) is 0. The number of rotatable bonds is 5. The Morgan fingerprint density at radius 3 is 2.63 bits per heavy atom. The van der Waals surface area contributed by atoms with E-state index in [0.717, 1.165) is 23.0 Å². The van der Waals surface area contributed by atoms with Gasteiger partial charge in [0.2, 0.25) is 0 Å². The van der Waals surface area contributed by atoms with Crippen LogP contribution in [0.25, 0.3) is 28.5 Å². The number of pyridine rings is 1. The fourth-order valence-electron chi connectivity index (χ4n) is 2.71. The van der Waals surface area contributed by atoms with E-state index in [1.807, 2.05) is 24.3 Å². The first-order valence-electron chi connectivity index (χ1n) is 7.90. The number of aliphatic imine (C=N–C) groups is 1. The van der Waals surface area contributed by atoms with Crippen LogP contribution in [0.4, 0.5) is 5.69 Å². The van der Waals surface area contributed by atoms with E-state index in [2.05, 4.69) is 16.6 Å². The number of nitrogens with two attached hydrogens (primary N) is 1. The van der Waals surface area contributed by atoms with Crippen molar-refractivity contribution in [2.75, 3.05) is 0 Å². The lowest BCUT2D eigenvalue weighted by Crippen LogP contribution is -1.95. The summed E-state index contributed by atoms with van der Waals surface area (Å²) in [5.41, 5.74) is 9.36. The van der Waals surface area contributed by atoms with Gasteiger partial charge in [-0.25, -0.2) is 4.99 Å². The molecule has 1 unspecified atom stereocenters. The molecule has 27 heavy (non-hydrogen) atoms. The highest BCUT2D eigenvalue weighted by molar-refractivity contribution is 7.79. The summed E-state index contributed by atoms with van der Waals surface area (Å²) in [5, 5.41) is 0.563. The zero-order valence-corrected chi connectivity index (χ0v) is 15.7. The third-order valence-corrected chi connectivity index (χ3v) is 4.98. The minimum absolute atomic E-state index is 0.0593. The molecule has 0 aliphatic heterocycles. The lowest BCUT2D eigenvalue weighted by atomic mass is 9.98. The normalized spacial score (nSPS) is 12.2. The molecule has 2 aromatic carbocycles. The summed E-state index contributed by atoms with van der Waals surface area (Å²) in [6, 6.07) is 14.2. The zero-order chi connectivity index (χ0) is 19.4. The van der Waals surface area contributed by atoms with Gasteiger partial charge in [0.15, 0.2) is 0 Å². The molecular weight excluding hydrogens is 382 g/mol. The molecule has 0 bridgehead atoms. The van der Waals surface area contributed by atoms with Crippen molar-refractivity contribution >= 4 is 40.8 Å². The summed E-state index contributed by atoms with van der Waals surface area (Å²) in [4.78, 5) is 8.42. The van der Waals surface area contributed by atoms with E-state index in [9.17, 15) is 8.76 Å². The third-order valence-electron chi connectivity index (χ3n) is 3.97. The average Bonchev–Trinajstić information content (AvgIpc) is 2.68. The van der Waals surface area contributed by atoms with Gasteiger partial charge in [0, 0.05) is 22.3 Å². The van der Waals surface area contributed by atoms with Crippen molar-refractivity contribution in [3.63, 3.8) is 0 Å². The predicted octanol–water partition coefficient (Wildman–Crippen LogP) is 4.57. The van der Waals surface area contributed by atoms with Crippen LogP contribution >= 0.6 is 11.6 Å². The van der Waals surface area contributed by atoms with E-state index < -0.39 is 11.1 Å². The lowest BCUT2D eigenvalue weighted by molar-refractivity contribution is 0.537. The summed E-state index contributed by atoms with van der Waals surface area (Å²) in [6.07, 6.45) is 4.41. The summed E-state index contributed by atoms with van der Waals surface area (Å²) in [5.74, 6) is 0. The van der Waals surface area contributed by atoms with E-state index in [4.69, 9.17) is 17.3 Å². The van der Waals surface area contributed by atoms with E-state index in [0.29, 0.717) is 16.3 Å². The minimum atomic E-state index is -2.46. The highest BCUT2D eigenvalue weighted by atomic mass is 35.5. The van der Waals surface area contributed by atoms with Crippen LogP contribution in [-0.4, -0.2) is 20.1 Å². The van der Waals surface area contributed by atoms with Crippen molar-refractivity contribution in [3.05, 3.63) is 71.9 Å². The van der Waals surface area contributed by atoms with Crippen molar-refractivity contribution in [2.45, 2.75) is 4.90 Å². The Kier molecular flexibility index (Phi) is 5.81. The number of nitrogens with zero attached hydrogens (tertiary/aromatic N) is 2. The average molecular weight is 397 g/mol. The van der Waals surface area contributed by atoms with Crippen molar-refractivity contribution in [1.29, 1.82) is 0 Å². The Hall–Kier alpha value is -2.80. The Bertz CT molecular complexity index is 1070. The van der Waals surface area contributed by atoms with Gasteiger partial charge < -0.3 is 10.3 Å². The second-order valence-electron chi connectivity index (χ2n) is 5.54. The van der Waals surface area contributed by atoms with Crippen LogP contribution in [0.5, 0.6) is 0 Å². The van der Waals surface area contributed by atoms with Crippen LogP contribution in [0.2, 0.25) is 5.02 Å². The molecule has 1 atom stereocenters. The number of aromatic nitrogens is 1. The Balaban J connectivity index is 2.17. The van der Waals surface area contributed by atoms with Crippen LogP contribution < -0.4 is 5.73 Å². The van der Waals surface area contributed by atoms with Gasteiger partial charge in [0.25, 0.3) is 0 Å². The van der Waals surface area contributed by atoms with Gasteiger partial charge in [-0.1, -0.05) is 48.5 Å². The van der Waals surface area contributed by atoms with Crippen molar-refractivity contribution in [2.24, 2.45) is 10.7 Å². The molecule has 7 heteroatoms. The Labute approximate surface area is 164 Å². The fourth-order valence-corrected chi connectivity index (χ4v) is 3.48. The van der Waals surface area contributed by atoms with Gasteiger partial charge in [-0.3, -0.25) is 9.19 Å². The Morgan fingerprint density at radius 2 is 1.96 bits per heavy atom. The molecule has 3 rings (SSSR count). The second kappa shape index (κ2) is 8.26. The molecule has 0 aliphatic carbocycles. The van der Waals surface area contributed by atoms with E-state index in [-0.39, 0.29) is 10.6 Å². The van der Waals surface area contributed by atoms with Gasteiger partial charge in [0.05, 0.1) is 22.6 Å². The number of benzene rings is 2. The molecule has 0 fully saturated rings. The topological polar surface area (TPSA) is 91.4 Å². The third kappa shape index (κ3) is 3.98. The summed E-state index contributed by atoms with van der Waals surface area (Å²) in [6.45, 7) is 3.73. The molecule has 5 nitrogen and oxygen atoms in total. The lowest BCUT2D eigenvalue weighted by Gasteiger charge is -2.14. The van der Waals surface area contributed by atoms with Crippen LogP contribution in [0.15, 0.2) is 71.2 Å². The molecule has 136 valence electrons. The van der Waals surface area contributed by atoms with Crippen molar-refractivity contribution in [1.82, 2.24) is 4.98 Å². The SMILES string of the molecule is C=Cc1ccc(-c2ncccc2-c2ccc(N=CN)c(S(=O)[O-])c2)cc1Cl. The van der Waals surface area contributed by atoms with Gasteiger partial charge in [-0.15, -0.1) is 0 Å². The maximum Gasteiger partial charge on any atom is 0.0860 e. The molecule has 2 N–H and O–H groups in total. The first-order chi connectivity index (χ1) is 13.0. The van der Waals surface area contributed by atoms with E-state index >= 15 is 0 Å². The van der Waals surface area contributed by atoms with Crippen LogP contribution in [0.1, 0.15) is 5.56 Å². The number of hydrogen-bond donors (Lipinski definition) is 1. The molecule has 3 aromatic rings. The number of halogens is 1. The quantitative estimate of drug-likeness (QED) is 0.388. The highest BCUT2D eigenvalue weighted by Crippen LogP contribution is 2.35. The molecule has 0 spiro atoms. The molecule has 0 saturated carbocycles. The molecule has 0 radical (unpaired) electrons. The van der Waals surface area contributed by atoms with Crippen LogP contribution in [0.3, 0.4) is 0 Å². The predicted molar refractivity (Wildman–Crippen MR) is 110 cm³/mol. The van der Waals surface area contributed by atoms with Crippen LogP contribution in [-0.2, 0) is 11.1 Å².